The normalized spacial score (nSPS) is 10.5. The van der Waals surface area contributed by atoms with E-state index >= 15 is 0 Å². The second kappa shape index (κ2) is 2.75. The molecule has 0 aliphatic rings. The maximum atomic E-state index is 5.11. The molecule has 2 aromatic heterocycles. The molecule has 1 N–H and O–H groups in total. The monoisotopic (exact) mass is 227 g/mol. The molecule has 0 aliphatic carbocycles. The van der Waals surface area contributed by atoms with Gasteiger partial charge in [-0.2, -0.15) is 5.10 Å². The fourth-order valence-corrected chi connectivity index (χ4v) is 1.54. The Balaban J connectivity index is 2.84. The molecule has 0 amide bonds. The van der Waals surface area contributed by atoms with E-state index in [9.17, 15) is 0 Å². The number of aromatic nitrogens is 3. The molecule has 5 heteroatoms. The largest absolute Gasteiger partial charge is 0.494 e. The van der Waals surface area contributed by atoms with Crippen molar-refractivity contribution in [1.82, 2.24) is 15.2 Å². The van der Waals surface area contributed by atoms with E-state index in [1.165, 1.54) is 0 Å². The quantitative estimate of drug-likeness (QED) is 0.808. The average Bonchev–Trinajstić information content (AvgIpc) is 2.48. The van der Waals surface area contributed by atoms with Crippen LogP contribution in [0.15, 0.2) is 17.0 Å². The van der Waals surface area contributed by atoms with E-state index in [-0.39, 0.29) is 0 Å². The third-order valence-electron chi connectivity index (χ3n) is 1.61. The average molecular weight is 228 g/mol. The van der Waals surface area contributed by atoms with Gasteiger partial charge in [0.15, 0.2) is 0 Å². The van der Waals surface area contributed by atoms with Crippen molar-refractivity contribution < 1.29 is 4.74 Å². The number of nitrogens with zero attached hydrogens (tertiary/aromatic N) is 2. The Morgan fingerprint density at radius 2 is 2.33 bits per heavy atom. The molecule has 0 radical (unpaired) electrons. The molecular formula is C7H6BrN3O. The Morgan fingerprint density at radius 1 is 1.50 bits per heavy atom. The van der Waals surface area contributed by atoms with E-state index in [1.807, 2.05) is 0 Å². The van der Waals surface area contributed by atoms with E-state index in [4.69, 9.17) is 4.74 Å². The van der Waals surface area contributed by atoms with Crippen LogP contribution in [0.5, 0.6) is 5.75 Å². The summed E-state index contributed by atoms with van der Waals surface area (Å²) < 4.78 is 5.93. The van der Waals surface area contributed by atoms with Crippen molar-refractivity contribution in [2.45, 2.75) is 0 Å². The fraction of sp³-hybridized carbons (Fsp3) is 0.143. The fourth-order valence-electron chi connectivity index (χ4n) is 1.06. The number of hydrogen-bond donors (Lipinski definition) is 1. The molecular weight excluding hydrogens is 222 g/mol. The minimum atomic E-state index is 0.716. The highest BCUT2D eigenvalue weighted by Gasteiger charge is 2.07. The van der Waals surface area contributed by atoms with E-state index in [0.29, 0.717) is 5.75 Å². The van der Waals surface area contributed by atoms with Crippen LogP contribution in [0.25, 0.3) is 10.9 Å². The summed E-state index contributed by atoms with van der Waals surface area (Å²) >= 11 is 3.33. The van der Waals surface area contributed by atoms with Gasteiger partial charge in [0.25, 0.3) is 0 Å². The molecule has 0 fully saturated rings. The molecule has 4 nitrogen and oxygen atoms in total. The predicted octanol–water partition coefficient (Wildman–Crippen LogP) is 1.73. The first kappa shape index (κ1) is 7.54. The lowest BCUT2D eigenvalue weighted by Crippen LogP contribution is -1.84. The number of rotatable bonds is 1. The van der Waals surface area contributed by atoms with Crippen LogP contribution in [-0.2, 0) is 0 Å². The molecule has 0 spiro atoms. The lowest BCUT2D eigenvalue weighted by atomic mass is 10.3. The number of fused-ring (bicyclic) bond motifs is 1. The van der Waals surface area contributed by atoms with E-state index in [2.05, 4.69) is 31.1 Å². The van der Waals surface area contributed by atoms with Crippen LogP contribution in [0.4, 0.5) is 0 Å². The first-order valence-electron chi connectivity index (χ1n) is 3.34. The summed E-state index contributed by atoms with van der Waals surface area (Å²) in [6.07, 6.45) is 3.34. The van der Waals surface area contributed by atoms with Crippen molar-refractivity contribution in [2.24, 2.45) is 0 Å². The maximum absolute atomic E-state index is 5.11. The number of pyridine rings is 1. The lowest BCUT2D eigenvalue weighted by molar-refractivity contribution is 0.418. The Morgan fingerprint density at radius 3 is 3.08 bits per heavy atom. The van der Waals surface area contributed by atoms with Gasteiger partial charge in [0.05, 0.1) is 24.9 Å². The molecule has 2 heterocycles. The van der Waals surface area contributed by atoms with Crippen molar-refractivity contribution in [3.05, 3.63) is 17.0 Å². The summed E-state index contributed by atoms with van der Waals surface area (Å²) in [4.78, 5) is 3.97. The molecule has 0 aliphatic heterocycles. The van der Waals surface area contributed by atoms with Gasteiger partial charge in [-0.3, -0.25) is 10.1 Å². The van der Waals surface area contributed by atoms with Crippen LogP contribution < -0.4 is 4.74 Å². The molecule has 0 bridgehead atoms. The van der Waals surface area contributed by atoms with Crippen LogP contribution in [0, 0.1) is 0 Å². The van der Waals surface area contributed by atoms with Gasteiger partial charge in [-0.1, -0.05) is 0 Å². The summed E-state index contributed by atoms with van der Waals surface area (Å²) in [5.74, 6) is 0.716. The summed E-state index contributed by atoms with van der Waals surface area (Å²) in [5, 5.41) is 7.73. The number of hydrogen-bond acceptors (Lipinski definition) is 3. The second-order valence-corrected chi connectivity index (χ2v) is 3.07. The number of H-pyrrole nitrogens is 1. The highest BCUT2D eigenvalue weighted by atomic mass is 79.9. The predicted molar refractivity (Wildman–Crippen MR) is 48.1 cm³/mol. The zero-order valence-electron chi connectivity index (χ0n) is 6.34. The van der Waals surface area contributed by atoms with Crippen molar-refractivity contribution in [3.63, 3.8) is 0 Å². The van der Waals surface area contributed by atoms with Gasteiger partial charge in [0.2, 0.25) is 0 Å². The van der Waals surface area contributed by atoms with Crippen molar-refractivity contribution >= 4 is 26.8 Å². The Hall–Kier alpha value is -1.10. The molecule has 0 atom stereocenters. The van der Waals surface area contributed by atoms with Crippen molar-refractivity contribution in [3.8, 4) is 5.75 Å². The molecule has 12 heavy (non-hydrogen) atoms. The third kappa shape index (κ3) is 0.972. The Kier molecular flexibility index (Phi) is 1.73. The first-order valence-corrected chi connectivity index (χ1v) is 4.14. The van der Waals surface area contributed by atoms with Gasteiger partial charge >= 0.3 is 0 Å². The SMILES string of the molecule is COc1cncc2n[nH]c(Br)c12. The van der Waals surface area contributed by atoms with Gasteiger partial charge in [-0.05, 0) is 15.9 Å². The molecule has 2 rings (SSSR count). The number of halogens is 1. The van der Waals surface area contributed by atoms with E-state index in [0.717, 1.165) is 15.5 Å². The van der Waals surface area contributed by atoms with Crippen molar-refractivity contribution in [2.75, 3.05) is 7.11 Å². The molecule has 2 aromatic rings. The molecule has 0 saturated heterocycles. The van der Waals surface area contributed by atoms with Crippen LogP contribution >= 0.6 is 15.9 Å². The molecule has 0 unspecified atom stereocenters. The third-order valence-corrected chi connectivity index (χ3v) is 2.18. The highest BCUT2D eigenvalue weighted by molar-refractivity contribution is 9.10. The van der Waals surface area contributed by atoms with Crippen LogP contribution in [0.2, 0.25) is 0 Å². The minimum Gasteiger partial charge on any atom is -0.494 e. The summed E-state index contributed by atoms with van der Waals surface area (Å²) in [5.41, 5.74) is 0.793. The Labute approximate surface area is 77.1 Å². The standard InChI is InChI=1S/C7H6BrN3O/c1-12-5-3-9-2-4-6(5)7(8)11-10-4/h2-3H,1H3,(H,10,11). The lowest BCUT2D eigenvalue weighted by Gasteiger charge is -1.98. The molecule has 0 saturated carbocycles. The number of ether oxygens (including phenoxy) is 1. The second-order valence-electron chi connectivity index (χ2n) is 2.27. The van der Waals surface area contributed by atoms with Gasteiger partial charge in [0, 0.05) is 0 Å². The van der Waals surface area contributed by atoms with E-state index < -0.39 is 0 Å². The van der Waals surface area contributed by atoms with E-state index in [1.54, 1.807) is 19.5 Å². The number of nitrogens with one attached hydrogen (secondary N) is 1. The zero-order valence-corrected chi connectivity index (χ0v) is 7.92. The van der Waals surface area contributed by atoms with Gasteiger partial charge < -0.3 is 4.74 Å². The van der Waals surface area contributed by atoms with Gasteiger partial charge in [-0.15, -0.1) is 0 Å². The number of methoxy groups -OCH3 is 1. The number of aromatic amines is 1. The highest BCUT2D eigenvalue weighted by Crippen LogP contribution is 2.28. The summed E-state index contributed by atoms with van der Waals surface area (Å²) in [6.45, 7) is 0. The first-order chi connectivity index (χ1) is 5.83. The maximum Gasteiger partial charge on any atom is 0.149 e. The molecule has 62 valence electrons. The smallest absolute Gasteiger partial charge is 0.149 e. The van der Waals surface area contributed by atoms with Crippen LogP contribution in [-0.4, -0.2) is 22.3 Å². The van der Waals surface area contributed by atoms with Crippen LogP contribution in [0.3, 0.4) is 0 Å². The van der Waals surface area contributed by atoms with Gasteiger partial charge in [0.1, 0.15) is 15.9 Å². The summed E-state index contributed by atoms with van der Waals surface area (Å²) in [6, 6.07) is 0. The Bertz CT molecular complexity index is 412. The minimum absolute atomic E-state index is 0.716. The van der Waals surface area contributed by atoms with Gasteiger partial charge in [-0.25, -0.2) is 0 Å². The van der Waals surface area contributed by atoms with Crippen molar-refractivity contribution in [1.29, 1.82) is 0 Å². The van der Waals surface area contributed by atoms with Crippen LogP contribution in [0.1, 0.15) is 0 Å². The summed E-state index contributed by atoms with van der Waals surface area (Å²) in [7, 11) is 1.61. The molecule has 0 aromatic carbocycles. The zero-order chi connectivity index (χ0) is 8.55. The topological polar surface area (TPSA) is 50.8 Å².